The van der Waals surface area contributed by atoms with E-state index in [1.807, 2.05) is 6.07 Å². The molecule has 1 saturated carbocycles. The van der Waals surface area contributed by atoms with Gasteiger partial charge in [-0.05, 0) is 50.8 Å². The molecule has 2 N–H and O–H groups in total. The van der Waals surface area contributed by atoms with E-state index < -0.39 is 0 Å². The molecule has 2 aromatic heterocycles. The molecule has 2 atom stereocenters. The Morgan fingerprint density at radius 1 is 1.38 bits per heavy atom. The van der Waals surface area contributed by atoms with E-state index >= 15 is 0 Å². The van der Waals surface area contributed by atoms with Crippen molar-refractivity contribution in [2.24, 2.45) is 5.92 Å². The molecule has 6 nitrogen and oxygen atoms in total. The predicted molar refractivity (Wildman–Crippen MR) is 103 cm³/mol. The summed E-state index contributed by atoms with van der Waals surface area (Å²) in [5.74, 6) is 0.873. The number of nitrogens with zero attached hydrogens (tertiary/aromatic N) is 2. The Bertz CT molecular complexity index is 787. The summed E-state index contributed by atoms with van der Waals surface area (Å²) in [5.41, 5.74) is 3.00. The SMILES string of the molecule is CCCc1noc2nc(C3CC3)cc(C(=O)NC3CCNCC3C)c12.Cl. The number of nitrogens with one attached hydrogen (secondary N) is 2. The molecule has 2 aromatic rings. The second-order valence-corrected chi connectivity index (χ2v) is 7.48. The number of fused-ring (bicyclic) bond motifs is 1. The number of hydrogen-bond donors (Lipinski definition) is 2. The van der Waals surface area contributed by atoms with Crippen LogP contribution >= 0.6 is 12.4 Å². The number of aryl methyl sites for hydroxylation is 1. The van der Waals surface area contributed by atoms with Crippen LogP contribution in [-0.2, 0) is 6.42 Å². The molecule has 0 aromatic carbocycles. The van der Waals surface area contributed by atoms with Crippen LogP contribution in [0.3, 0.4) is 0 Å². The summed E-state index contributed by atoms with van der Waals surface area (Å²) < 4.78 is 5.47. The average molecular weight is 379 g/mol. The second-order valence-electron chi connectivity index (χ2n) is 7.48. The number of amides is 1. The van der Waals surface area contributed by atoms with Crippen molar-refractivity contribution in [3.05, 3.63) is 23.0 Å². The normalized spacial score (nSPS) is 22.8. The molecule has 7 heteroatoms. The van der Waals surface area contributed by atoms with E-state index in [4.69, 9.17) is 4.52 Å². The van der Waals surface area contributed by atoms with Crippen LogP contribution in [-0.4, -0.2) is 35.2 Å². The van der Waals surface area contributed by atoms with E-state index in [2.05, 4.69) is 34.6 Å². The monoisotopic (exact) mass is 378 g/mol. The zero-order chi connectivity index (χ0) is 17.4. The van der Waals surface area contributed by atoms with Gasteiger partial charge >= 0.3 is 0 Å². The van der Waals surface area contributed by atoms with Crippen molar-refractivity contribution in [2.75, 3.05) is 13.1 Å². The van der Waals surface area contributed by atoms with Crippen LogP contribution in [0.25, 0.3) is 11.1 Å². The molecule has 0 radical (unpaired) electrons. The first-order valence-electron chi connectivity index (χ1n) is 9.48. The van der Waals surface area contributed by atoms with E-state index in [1.165, 1.54) is 0 Å². The molecule has 1 amide bonds. The highest BCUT2D eigenvalue weighted by Crippen LogP contribution is 2.40. The number of hydrogen-bond acceptors (Lipinski definition) is 5. The zero-order valence-corrected chi connectivity index (χ0v) is 16.2. The zero-order valence-electron chi connectivity index (χ0n) is 15.4. The van der Waals surface area contributed by atoms with E-state index in [-0.39, 0.29) is 24.4 Å². The molecular formula is C19H27ClN4O2. The fraction of sp³-hybridized carbons (Fsp3) is 0.632. The highest BCUT2D eigenvalue weighted by molar-refractivity contribution is 6.06. The minimum Gasteiger partial charge on any atom is -0.349 e. The third-order valence-electron chi connectivity index (χ3n) is 5.37. The van der Waals surface area contributed by atoms with Gasteiger partial charge in [-0.2, -0.15) is 0 Å². The Kier molecular flexibility index (Phi) is 5.82. The Labute approximate surface area is 159 Å². The maximum Gasteiger partial charge on any atom is 0.259 e. The molecule has 0 bridgehead atoms. The van der Waals surface area contributed by atoms with Crippen LogP contribution in [0.15, 0.2) is 10.6 Å². The van der Waals surface area contributed by atoms with Crippen LogP contribution < -0.4 is 10.6 Å². The van der Waals surface area contributed by atoms with Gasteiger partial charge in [0.1, 0.15) is 0 Å². The number of carbonyl (C=O) groups is 1. The van der Waals surface area contributed by atoms with Crippen molar-refractivity contribution in [1.29, 1.82) is 0 Å². The molecule has 1 aliphatic carbocycles. The molecular weight excluding hydrogens is 352 g/mol. The van der Waals surface area contributed by atoms with Crippen molar-refractivity contribution in [1.82, 2.24) is 20.8 Å². The van der Waals surface area contributed by atoms with Crippen molar-refractivity contribution >= 4 is 29.4 Å². The van der Waals surface area contributed by atoms with E-state index in [0.717, 1.165) is 62.0 Å². The number of rotatable bonds is 5. The highest BCUT2D eigenvalue weighted by Gasteiger charge is 2.30. The summed E-state index contributed by atoms with van der Waals surface area (Å²) in [6.45, 7) is 6.17. The van der Waals surface area contributed by atoms with Crippen molar-refractivity contribution in [3.63, 3.8) is 0 Å². The van der Waals surface area contributed by atoms with Crippen LogP contribution in [0, 0.1) is 5.92 Å². The first kappa shape index (κ1) is 19.1. The maximum atomic E-state index is 13.1. The molecule has 2 aliphatic rings. The van der Waals surface area contributed by atoms with Crippen LogP contribution in [0.1, 0.15) is 67.2 Å². The van der Waals surface area contributed by atoms with Gasteiger partial charge in [-0.25, -0.2) is 4.98 Å². The number of halogens is 1. The molecule has 1 saturated heterocycles. The largest absolute Gasteiger partial charge is 0.349 e. The van der Waals surface area contributed by atoms with E-state index in [9.17, 15) is 4.79 Å². The van der Waals surface area contributed by atoms with Crippen LogP contribution in [0.2, 0.25) is 0 Å². The molecule has 3 heterocycles. The third-order valence-corrected chi connectivity index (χ3v) is 5.37. The van der Waals surface area contributed by atoms with Crippen molar-refractivity contribution < 1.29 is 9.32 Å². The first-order chi connectivity index (χ1) is 12.2. The van der Waals surface area contributed by atoms with Crippen LogP contribution in [0.5, 0.6) is 0 Å². The van der Waals surface area contributed by atoms with Crippen LogP contribution in [0.4, 0.5) is 0 Å². The van der Waals surface area contributed by atoms with Crippen molar-refractivity contribution in [3.8, 4) is 0 Å². The van der Waals surface area contributed by atoms with Gasteiger partial charge in [0.15, 0.2) is 0 Å². The number of carbonyl (C=O) groups excluding carboxylic acids is 1. The van der Waals surface area contributed by atoms with Gasteiger partial charge in [0.2, 0.25) is 0 Å². The third kappa shape index (κ3) is 3.71. The molecule has 142 valence electrons. The Morgan fingerprint density at radius 2 is 2.19 bits per heavy atom. The summed E-state index contributed by atoms with van der Waals surface area (Å²) in [5, 5.41) is 11.6. The lowest BCUT2D eigenvalue weighted by atomic mass is 9.94. The van der Waals surface area contributed by atoms with Crippen molar-refractivity contribution in [2.45, 2.75) is 57.9 Å². The maximum absolute atomic E-state index is 13.1. The van der Waals surface area contributed by atoms with E-state index in [0.29, 0.717) is 23.1 Å². The Hall–Kier alpha value is -1.66. The van der Waals surface area contributed by atoms with Gasteiger partial charge in [0.25, 0.3) is 11.6 Å². The smallest absolute Gasteiger partial charge is 0.259 e. The lowest BCUT2D eigenvalue weighted by molar-refractivity contribution is 0.0915. The molecule has 1 aliphatic heterocycles. The van der Waals surface area contributed by atoms with Gasteiger partial charge in [-0.1, -0.05) is 25.4 Å². The van der Waals surface area contributed by atoms with E-state index in [1.54, 1.807) is 0 Å². The van der Waals surface area contributed by atoms with Gasteiger partial charge in [0, 0.05) is 17.7 Å². The average Bonchev–Trinajstić information content (AvgIpc) is 3.39. The fourth-order valence-corrected chi connectivity index (χ4v) is 3.68. The topological polar surface area (TPSA) is 80.0 Å². The molecule has 2 fully saturated rings. The second kappa shape index (κ2) is 7.92. The number of piperidine rings is 1. The van der Waals surface area contributed by atoms with Gasteiger partial charge in [-0.3, -0.25) is 4.79 Å². The number of pyridine rings is 1. The minimum absolute atomic E-state index is 0. The van der Waals surface area contributed by atoms with Gasteiger partial charge < -0.3 is 15.2 Å². The Balaban J connectivity index is 0.00000196. The van der Waals surface area contributed by atoms with Gasteiger partial charge in [0.05, 0.1) is 16.6 Å². The molecule has 0 spiro atoms. The Morgan fingerprint density at radius 3 is 2.88 bits per heavy atom. The summed E-state index contributed by atoms with van der Waals surface area (Å²) in [6, 6.07) is 2.17. The number of aromatic nitrogens is 2. The molecule has 2 unspecified atom stereocenters. The lowest BCUT2D eigenvalue weighted by Gasteiger charge is -2.30. The standard InChI is InChI=1S/C19H26N4O2.ClH/c1-3-4-15-17-13(18(24)21-14-7-8-20-10-11(14)2)9-16(12-5-6-12)22-19(17)25-23-15;/h9,11-12,14,20H,3-8,10H2,1-2H3,(H,21,24);1H. The predicted octanol–water partition coefficient (Wildman–Crippen LogP) is 3.20. The summed E-state index contributed by atoms with van der Waals surface area (Å²) in [4.78, 5) is 17.7. The van der Waals surface area contributed by atoms with Gasteiger partial charge in [-0.15, -0.1) is 12.4 Å². The summed E-state index contributed by atoms with van der Waals surface area (Å²) in [7, 11) is 0. The first-order valence-corrected chi connectivity index (χ1v) is 9.48. The lowest BCUT2D eigenvalue weighted by Crippen LogP contribution is -2.48. The minimum atomic E-state index is -0.0198. The summed E-state index contributed by atoms with van der Waals surface area (Å²) >= 11 is 0. The molecule has 4 rings (SSSR count). The quantitative estimate of drug-likeness (QED) is 0.835. The summed E-state index contributed by atoms with van der Waals surface area (Å²) in [6.07, 6.45) is 4.99. The fourth-order valence-electron chi connectivity index (χ4n) is 3.68. The molecule has 26 heavy (non-hydrogen) atoms. The highest BCUT2D eigenvalue weighted by atomic mass is 35.5.